The molecule has 1 heterocycles. The molecule has 2 saturated carbocycles. The number of fused-ring (bicyclic) bond motifs is 2. The van der Waals surface area contributed by atoms with Crippen LogP contribution in [0.2, 0.25) is 0 Å². The Morgan fingerprint density at radius 2 is 2.00 bits per heavy atom. The van der Waals surface area contributed by atoms with Gasteiger partial charge < -0.3 is 9.47 Å². The molecule has 3 aliphatic rings. The summed E-state index contributed by atoms with van der Waals surface area (Å²) in [5.74, 6) is 2.42. The van der Waals surface area contributed by atoms with Gasteiger partial charge in [-0.1, -0.05) is 6.92 Å². The third kappa shape index (κ3) is 0.651. The Labute approximate surface area is 66.9 Å². The summed E-state index contributed by atoms with van der Waals surface area (Å²) in [6, 6.07) is 0. The van der Waals surface area contributed by atoms with Crippen molar-refractivity contribution in [2.45, 2.75) is 25.6 Å². The van der Waals surface area contributed by atoms with Crippen molar-refractivity contribution in [1.82, 2.24) is 0 Å². The van der Waals surface area contributed by atoms with E-state index in [-0.39, 0.29) is 5.79 Å². The van der Waals surface area contributed by atoms with Crippen molar-refractivity contribution < 1.29 is 9.47 Å². The summed E-state index contributed by atoms with van der Waals surface area (Å²) >= 11 is 0. The van der Waals surface area contributed by atoms with Gasteiger partial charge in [0.1, 0.15) is 0 Å². The van der Waals surface area contributed by atoms with Crippen LogP contribution in [0.4, 0.5) is 0 Å². The van der Waals surface area contributed by atoms with E-state index in [0.717, 1.165) is 37.4 Å². The summed E-state index contributed by atoms with van der Waals surface area (Å²) in [6.45, 7) is 3.95. The number of hydrogen-bond donors (Lipinski definition) is 0. The van der Waals surface area contributed by atoms with E-state index in [1.54, 1.807) is 0 Å². The molecule has 0 amide bonds. The van der Waals surface area contributed by atoms with E-state index in [1.165, 1.54) is 6.42 Å². The molecule has 11 heavy (non-hydrogen) atoms. The first kappa shape index (κ1) is 6.44. The molecule has 3 unspecified atom stereocenters. The van der Waals surface area contributed by atoms with Crippen LogP contribution in [-0.2, 0) is 9.47 Å². The first-order chi connectivity index (χ1) is 5.33. The number of hydrogen-bond acceptors (Lipinski definition) is 2. The van der Waals surface area contributed by atoms with Gasteiger partial charge in [-0.05, 0) is 18.3 Å². The average molecular weight is 154 g/mol. The molecule has 0 aromatic carbocycles. The molecule has 62 valence electrons. The highest BCUT2D eigenvalue weighted by atomic mass is 16.7. The predicted molar refractivity (Wildman–Crippen MR) is 40.0 cm³/mol. The molecular formula is C9H14O2. The molecule has 2 aliphatic carbocycles. The molecule has 3 rings (SSSR count). The van der Waals surface area contributed by atoms with Gasteiger partial charge in [-0.25, -0.2) is 0 Å². The van der Waals surface area contributed by atoms with E-state index in [1.807, 2.05) is 0 Å². The highest BCUT2D eigenvalue weighted by Gasteiger charge is 2.66. The third-order valence-corrected chi connectivity index (χ3v) is 3.67. The van der Waals surface area contributed by atoms with Crippen molar-refractivity contribution >= 4 is 0 Å². The average Bonchev–Trinajstić information content (AvgIpc) is 2.52. The van der Waals surface area contributed by atoms with Crippen LogP contribution in [-0.4, -0.2) is 19.0 Å². The van der Waals surface area contributed by atoms with Crippen molar-refractivity contribution in [2.24, 2.45) is 17.8 Å². The minimum absolute atomic E-state index is 0.107. The molecule has 1 aliphatic heterocycles. The largest absolute Gasteiger partial charge is 0.347 e. The lowest BCUT2D eigenvalue weighted by molar-refractivity contribution is -0.170. The van der Waals surface area contributed by atoms with E-state index in [4.69, 9.17) is 9.47 Å². The van der Waals surface area contributed by atoms with Gasteiger partial charge in [-0.2, -0.15) is 0 Å². The van der Waals surface area contributed by atoms with Crippen LogP contribution in [0.1, 0.15) is 19.8 Å². The zero-order valence-corrected chi connectivity index (χ0v) is 6.88. The molecule has 1 spiro atoms. The van der Waals surface area contributed by atoms with Crippen LogP contribution in [0.5, 0.6) is 0 Å². The second kappa shape index (κ2) is 1.80. The Balaban J connectivity index is 1.87. The van der Waals surface area contributed by atoms with Crippen molar-refractivity contribution in [2.75, 3.05) is 13.2 Å². The van der Waals surface area contributed by atoms with Gasteiger partial charge in [0.15, 0.2) is 5.79 Å². The van der Waals surface area contributed by atoms with E-state index < -0.39 is 0 Å². The molecule has 2 nitrogen and oxygen atoms in total. The molecule has 3 fully saturated rings. The van der Waals surface area contributed by atoms with Crippen molar-refractivity contribution in [3.8, 4) is 0 Å². The fourth-order valence-electron chi connectivity index (χ4n) is 3.06. The smallest absolute Gasteiger partial charge is 0.171 e. The second-order valence-corrected chi connectivity index (χ2v) is 4.10. The topological polar surface area (TPSA) is 18.5 Å². The highest BCUT2D eigenvalue weighted by Crippen LogP contribution is 2.64. The Hall–Kier alpha value is -0.0800. The molecule has 2 heteroatoms. The Kier molecular flexibility index (Phi) is 1.06. The van der Waals surface area contributed by atoms with Gasteiger partial charge >= 0.3 is 0 Å². The van der Waals surface area contributed by atoms with Crippen LogP contribution >= 0.6 is 0 Å². The fraction of sp³-hybridized carbons (Fsp3) is 1.00. The van der Waals surface area contributed by atoms with Crippen molar-refractivity contribution in [3.63, 3.8) is 0 Å². The number of rotatable bonds is 0. The lowest BCUT2D eigenvalue weighted by Crippen LogP contribution is -2.30. The van der Waals surface area contributed by atoms with E-state index in [0.29, 0.717) is 0 Å². The van der Waals surface area contributed by atoms with Crippen molar-refractivity contribution in [3.05, 3.63) is 0 Å². The van der Waals surface area contributed by atoms with Crippen molar-refractivity contribution in [1.29, 1.82) is 0 Å². The molecule has 0 N–H and O–H groups in total. The minimum Gasteiger partial charge on any atom is -0.347 e. The second-order valence-electron chi connectivity index (χ2n) is 4.10. The summed E-state index contributed by atoms with van der Waals surface area (Å²) in [5.41, 5.74) is 0. The lowest BCUT2D eigenvalue weighted by Gasteiger charge is -2.24. The van der Waals surface area contributed by atoms with E-state index >= 15 is 0 Å². The highest BCUT2D eigenvalue weighted by molar-refractivity contribution is 5.09. The van der Waals surface area contributed by atoms with Gasteiger partial charge in [0.05, 0.1) is 13.2 Å². The molecule has 1 saturated heterocycles. The maximum Gasteiger partial charge on any atom is 0.171 e. The van der Waals surface area contributed by atoms with Gasteiger partial charge in [-0.3, -0.25) is 0 Å². The summed E-state index contributed by atoms with van der Waals surface area (Å²) in [7, 11) is 0. The zero-order valence-electron chi connectivity index (χ0n) is 6.88. The SMILES string of the molecule is CC1C2CCC3(OCCO3)C12. The van der Waals surface area contributed by atoms with Crippen LogP contribution in [0.15, 0.2) is 0 Å². The predicted octanol–water partition coefficient (Wildman–Crippen LogP) is 1.41. The summed E-state index contributed by atoms with van der Waals surface area (Å²) in [4.78, 5) is 0. The summed E-state index contributed by atoms with van der Waals surface area (Å²) < 4.78 is 11.4. The maximum atomic E-state index is 5.70. The summed E-state index contributed by atoms with van der Waals surface area (Å²) in [5, 5.41) is 0. The first-order valence-electron chi connectivity index (χ1n) is 4.61. The van der Waals surface area contributed by atoms with Gasteiger partial charge in [0.2, 0.25) is 0 Å². The molecule has 0 aromatic rings. The fourth-order valence-corrected chi connectivity index (χ4v) is 3.06. The zero-order chi connectivity index (χ0) is 7.47. The van der Waals surface area contributed by atoms with Gasteiger partial charge in [0, 0.05) is 12.3 Å². The van der Waals surface area contributed by atoms with Gasteiger partial charge in [-0.15, -0.1) is 0 Å². The molecular weight excluding hydrogens is 140 g/mol. The summed E-state index contributed by atoms with van der Waals surface area (Å²) in [6.07, 6.45) is 2.47. The number of ether oxygens (including phenoxy) is 2. The molecule has 3 atom stereocenters. The van der Waals surface area contributed by atoms with E-state index in [2.05, 4.69) is 6.92 Å². The monoisotopic (exact) mass is 154 g/mol. The quantitative estimate of drug-likeness (QED) is 0.525. The Morgan fingerprint density at radius 3 is 2.55 bits per heavy atom. The first-order valence-corrected chi connectivity index (χ1v) is 4.61. The Morgan fingerprint density at radius 1 is 1.27 bits per heavy atom. The van der Waals surface area contributed by atoms with E-state index in [9.17, 15) is 0 Å². The van der Waals surface area contributed by atoms with Crippen LogP contribution < -0.4 is 0 Å². The Bertz CT molecular complexity index is 178. The lowest BCUT2D eigenvalue weighted by atomic mass is 10.1. The molecule has 0 aromatic heterocycles. The maximum absolute atomic E-state index is 5.70. The van der Waals surface area contributed by atoms with Crippen LogP contribution in [0, 0.1) is 17.8 Å². The molecule has 0 radical (unpaired) electrons. The van der Waals surface area contributed by atoms with Crippen LogP contribution in [0.3, 0.4) is 0 Å². The minimum atomic E-state index is -0.107. The van der Waals surface area contributed by atoms with Crippen LogP contribution in [0.25, 0.3) is 0 Å². The third-order valence-electron chi connectivity index (χ3n) is 3.67. The normalized spacial score (nSPS) is 51.5. The van der Waals surface area contributed by atoms with Gasteiger partial charge in [0.25, 0.3) is 0 Å². The molecule has 0 bridgehead atoms. The standard InChI is InChI=1S/C9H14O2/c1-6-7-2-3-9(8(6)7)10-4-5-11-9/h6-8H,2-5H2,1H3.